The molecule has 0 atom stereocenters. The largest absolute Gasteiger partial charge is 0.414 e. The zero-order valence-corrected chi connectivity index (χ0v) is 13.9. The molecule has 0 saturated heterocycles. The highest BCUT2D eigenvalue weighted by atomic mass is 127. The van der Waals surface area contributed by atoms with Crippen LogP contribution in [0, 0.1) is 0 Å². The number of halogens is 1. The Balaban J connectivity index is 2.48. The molecule has 0 radical (unpaired) electrons. The van der Waals surface area contributed by atoms with Gasteiger partial charge >= 0.3 is 0 Å². The first-order valence-electron chi connectivity index (χ1n) is 6.04. The Labute approximate surface area is 110 Å². The van der Waals surface area contributed by atoms with E-state index in [4.69, 9.17) is 4.43 Å². The fourth-order valence-corrected chi connectivity index (χ4v) is 3.88. The van der Waals surface area contributed by atoms with Gasteiger partial charge in [0.05, 0.1) is 0 Å². The molecule has 1 rings (SSSR count). The van der Waals surface area contributed by atoms with Crippen molar-refractivity contribution in [2.45, 2.75) is 74.6 Å². The molecule has 0 bridgehead atoms. The lowest BCUT2D eigenvalue weighted by Crippen LogP contribution is -2.44. The maximum Gasteiger partial charge on any atom is 0.192 e. The van der Waals surface area contributed by atoms with Gasteiger partial charge in [-0.2, -0.15) is 0 Å². The van der Waals surface area contributed by atoms with Crippen LogP contribution in [-0.2, 0) is 4.43 Å². The van der Waals surface area contributed by atoms with E-state index < -0.39 is 8.32 Å². The van der Waals surface area contributed by atoms with Gasteiger partial charge in [0.2, 0.25) is 0 Å². The third-order valence-electron chi connectivity index (χ3n) is 3.87. The van der Waals surface area contributed by atoms with Crippen LogP contribution in [0.5, 0.6) is 0 Å². The first kappa shape index (κ1) is 14.0. The Bertz CT molecular complexity index is 202. The topological polar surface area (TPSA) is 9.23 Å². The van der Waals surface area contributed by atoms with E-state index in [2.05, 4.69) is 56.5 Å². The molecule has 0 aliphatic heterocycles. The van der Waals surface area contributed by atoms with Gasteiger partial charge in [-0.25, -0.2) is 0 Å². The minimum atomic E-state index is -1.52. The second-order valence-corrected chi connectivity index (χ2v) is 12.8. The van der Waals surface area contributed by atoms with Gasteiger partial charge in [0.25, 0.3) is 0 Å². The average Bonchev–Trinajstić information content (AvgIpc) is 2.06. The molecule has 1 aliphatic rings. The van der Waals surface area contributed by atoms with Crippen molar-refractivity contribution in [2.75, 3.05) is 0 Å². The maximum atomic E-state index is 6.43. The van der Waals surface area contributed by atoms with Gasteiger partial charge in [-0.3, -0.25) is 0 Å². The van der Waals surface area contributed by atoms with Gasteiger partial charge in [-0.15, -0.1) is 0 Å². The molecule has 0 aromatic carbocycles. The van der Waals surface area contributed by atoms with Gasteiger partial charge in [-0.05, 0) is 43.8 Å². The Morgan fingerprint density at radius 3 is 1.93 bits per heavy atom. The quantitative estimate of drug-likeness (QED) is 0.400. The lowest BCUT2D eigenvalue weighted by atomic mass is 9.98. The first-order chi connectivity index (χ1) is 6.72. The molecular weight excluding hydrogens is 315 g/mol. The molecule has 90 valence electrons. The van der Waals surface area contributed by atoms with Gasteiger partial charge in [0.15, 0.2) is 8.32 Å². The van der Waals surface area contributed by atoms with E-state index >= 15 is 0 Å². The lowest BCUT2D eigenvalue weighted by molar-refractivity contribution is 0.141. The molecule has 1 aliphatic carbocycles. The molecule has 0 spiro atoms. The standard InChI is InChI=1S/C12H25IOSi/c1-12(2,3)15(4,5)14-11-8-6-10(13)7-9-11/h10-11H,6-9H2,1-5H3/t10-,11-. The Morgan fingerprint density at radius 1 is 1.07 bits per heavy atom. The van der Waals surface area contributed by atoms with Crippen molar-refractivity contribution in [3.8, 4) is 0 Å². The Kier molecular flexibility index (Phi) is 4.70. The third-order valence-corrected chi connectivity index (χ3v) is 9.65. The second kappa shape index (κ2) is 5.04. The summed E-state index contributed by atoms with van der Waals surface area (Å²) in [5, 5.41) is 0.355. The molecule has 0 unspecified atom stereocenters. The molecule has 15 heavy (non-hydrogen) atoms. The van der Waals surface area contributed by atoms with E-state index in [-0.39, 0.29) is 0 Å². The molecule has 0 aromatic heterocycles. The normalized spacial score (nSPS) is 29.2. The highest BCUT2D eigenvalue weighted by Gasteiger charge is 2.39. The van der Waals surface area contributed by atoms with Gasteiger partial charge in [0, 0.05) is 10.0 Å². The third kappa shape index (κ3) is 4.00. The van der Waals surface area contributed by atoms with Gasteiger partial charge in [-0.1, -0.05) is 43.4 Å². The summed E-state index contributed by atoms with van der Waals surface area (Å²) in [6, 6.07) is 0. The molecule has 3 heteroatoms. The second-order valence-electron chi connectivity index (χ2n) is 6.25. The summed E-state index contributed by atoms with van der Waals surface area (Å²) >= 11 is 2.58. The van der Waals surface area contributed by atoms with E-state index in [1.807, 2.05) is 0 Å². The number of hydrogen-bond acceptors (Lipinski definition) is 1. The van der Waals surface area contributed by atoms with Gasteiger partial charge in [0.1, 0.15) is 0 Å². The van der Waals surface area contributed by atoms with E-state index in [1.165, 1.54) is 25.7 Å². The molecular formula is C12H25IOSi. The van der Waals surface area contributed by atoms with E-state index in [0.717, 1.165) is 3.92 Å². The van der Waals surface area contributed by atoms with Crippen LogP contribution in [0.3, 0.4) is 0 Å². The molecule has 0 heterocycles. The number of rotatable bonds is 2. The summed E-state index contributed by atoms with van der Waals surface area (Å²) in [6.07, 6.45) is 5.80. The van der Waals surface area contributed by atoms with Crippen molar-refractivity contribution in [3.05, 3.63) is 0 Å². The van der Waals surface area contributed by atoms with Crippen molar-refractivity contribution in [1.29, 1.82) is 0 Å². The highest BCUT2D eigenvalue weighted by Crippen LogP contribution is 2.39. The minimum Gasteiger partial charge on any atom is -0.414 e. The summed E-state index contributed by atoms with van der Waals surface area (Å²) in [6.45, 7) is 11.7. The summed E-state index contributed by atoms with van der Waals surface area (Å²) in [5.41, 5.74) is 0. The van der Waals surface area contributed by atoms with Crippen LogP contribution in [0.4, 0.5) is 0 Å². The first-order valence-corrected chi connectivity index (χ1v) is 10.2. The van der Waals surface area contributed by atoms with Crippen molar-refractivity contribution >= 4 is 30.9 Å². The smallest absolute Gasteiger partial charge is 0.192 e. The van der Waals surface area contributed by atoms with Crippen molar-refractivity contribution in [2.24, 2.45) is 0 Å². The Hall–Kier alpha value is 0.907. The SMILES string of the molecule is CC(C)(C)[Si](C)(C)O[C@H]1CC[C@H](I)CC1. The lowest BCUT2D eigenvalue weighted by Gasteiger charge is -2.40. The molecule has 0 N–H and O–H groups in total. The van der Waals surface area contributed by atoms with Crippen LogP contribution < -0.4 is 0 Å². The van der Waals surface area contributed by atoms with Crippen LogP contribution in [0.2, 0.25) is 18.1 Å². The molecule has 0 aromatic rings. The Morgan fingerprint density at radius 2 is 1.53 bits per heavy atom. The van der Waals surface area contributed by atoms with E-state index in [0.29, 0.717) is 11.1 Å². The summed E-state index contributed by atoms with van der Waals surface area (Å²) in [4.78, 5) is 0. The summed E-state index contributed by atoms with van der Waals surface area (Å²) in [5.74, 6) is 0. The monoisotopic (exact) mass is 340 g/mol. The van der Waals surface area contributed by atoms with Gasteiger partial charge < -0.3 is 4.43 Å². The maximum absolute atomic E-state index is 6.43. The zero-order chi connectivity index (χ0) is 11.7. The van der Waals surface area contributed by atoms with Crippen LogP contribution in [0.15, 0.2) is 0 Å². The van der Waals surface area contributed by atoms with Crippen LogP contribution in [0.25, 0.3) is 0 Å². The number of hydrogen-bond donors (Lipinski definition) is 0. The minimum absolute atomic E-state index is 0.355. The van der Waals surface area contributed by atoms with Crippen molar-refractivity contribution in [1.82, 2.24) is 0 Å². The number of alkyl halides is 1. The fraction of sp³-hybridized carbons (Fsp3) is 1.00. The van der Waals surface area contributed by atoms with Crippen LogP contribution in [-0.4, -0.2) is 18.3 Å². The molecule has 1 fully saturated rings. The molecule has 0 amide bonds. The predicted molar refractivity (Wildman–Crippen MR) is 78.3 cm³/mol. The average molecular weight is 340 g/mol. The summed E-state index contributed by atoms with van der Waals surface area (Å²) in [7, 11) is -1.52. The predicted octanol–water partition coefficient (Wildman–Crippen LogP) is 4.75. The fourth-order valence-electron chi connectivity index (χ4n) is 1.73. The molecule has 1 nitrogen and oxygen atoms in total. The van der Waals surface area contributed by atoms with Crippen molar-refractivity contribution in [3.63, 3.8) is 0 Å². The van der Waals surface area contributed by atoms with Crippen molar-refractivity contribution < 1.29 is 4.43 Å². The zero-order valence-electron chi connectivity index (χ0n) is 10.8. The highest BCUT2D eigenvalue weighted by molar-refractivity contribution is 14.1. The van der Waals surface area contributed by atoms with Crippen LogP contribution in [0.1, 0.15) is 46.5 Å². The van der Waals surface area contributed by atoms with E-state index in [1.54, 1.807) is 0 Å². The summed E-state index contributed by atoms with van der Waals surface area (Å²) < 4.78 is 7.32. The van der Waals surface area contributed by atoms with E-state index in [9.17, 15) is 0 Å². The van der Waals surface area contributed by atoms with Crippen LogP contribution >= 0.6 is 22.6 Å². The molecule has 1 saturated carbocycles.